The molecule has 134 valence electrons. The van der Waals surface area contributed by atoms with Crippen LogP contribution < -0.4 is 4.74 Å². The van der Waals surface area contributed by atoms with Gasteiger partial charge in [-0.15, -0.1) is 5.10 Å². The summed E-state index contributed by atoms with van der Waals surface area (Å²) in [5, 5.41) is 30.9. The van der Waals surface area contributed by atoms with E-state index >= 15 is 0 Å². The predicted octanol–water partition coefficient (Wildman–Crippen LogP) is 2.37. The number of aromatic hydroxyl groups is 2. The first-order chi connectivity index (χ1) is 12.5. The number of tetrazole rings is 1. The van der Waals surface area contributed by atoms with Gasteiger partial charge in [-0.25, -0.2) is 0 Å². The maximum atomic E-state index is 12.3. The normalized spacial score (nSPS) is 10.7. The molecule has 8 nitrogen and oxygen atoms in total. The largest absolute Gasteiger partial charge is 0.504 e. The summed E-state index contributed by atoms with van der Waals surface area (Å²) < 4.78 is 6.87. The third-order valence-corrected chi connectivity index (χ3v) is 4.55. The van der Waals surface area contributed by atoms with Gasteiger partial charge in [-0.3, -0.25) is 4.79 Å². The van der Waals surface area contributed by atoms with E-state index in [2.05, 4.69) is 15.5 Å². The molecule has 0 saturated carbocycles. The SMILES string of the molecule is COc1ccc(C)cc1-n1nnnc1SCC(=O)c1ccc(O)c(O)c1. The van der Waals surface area contributed by atoms with Crippen LogP contribution in [0.5, 0.6) is 17.2 Å². The van der Waals surface area contributed by atoms with E-state index in [1.165, 1.54) is 22.9 Å². The van der Waals surface area contributed by atoms with Crippen LogP contribution in [0.25, 0.3) is 5.69 Å². The van der Waals surface area contributed by atoms with E-state index in [0.717, 1.165) is 17.3 Å². The standard InChI is InChI=1S/C17H16N4O4S/c1-10-3-6-16(25-2)12(7-10)21-17(18-19-20-21)26-9-15(24)11-4-5-13(22)14(23)8-11/h3-8,22-23H,9H2,1-2H3. The minimum Gasteiger partial charge on any atom is -0.504 e. The highest BCUT2D eigenvalue weighted by Crippen LogP contribution is 2.28. The number of methoxy groups -OCH3 is 1. The van der Waals surface area contributed by atoms with Gasteiger partial charge in [0.05, 0.1) is 12.9 Å². The van der Waals surface area contributed by atoms with Crippen LogP contribution in [0.2, 0.25) is 0 Å². The van der Waals surface area contributed by atoms with Crippen molar-refractivity contribution in [1.29, 1.82) is 0 Å². The van der Waals surface area contributed by atoms with E-state index in [1.54, 1.807) is 7.11 Å². The van der Waals surface area contributed by atoms with Gasteiger partial charge in [-0.2, -0.15) is 4.68 Å². The minimum absolute atomic E-state index is 0.0682. The summed E-state index contributed by atoms with van der Waals surface area (Å²) in [5.41, 5.74) is 1.98. The number of Topliss-reactive ketones (excluding diaryl/α,β-unsaturated/α-hetero) is 1. The number of aryl methyl sites for hydroxylation is 1. The monoisotopic (exact) mass is 372 g/mol. The Kier molecular flexibility index (Phi) is 5.08. The number of ketones is 1. The molecule has 0 saturated heterocycles. The molecule has 26 heavy (non-hydrogen) atoms. The quantitative estimate of drug-likeness (QED) is 0.385. The molecule has 0 atom stereocenters. The summed E-state index contributed by atoms with van der Waals surface area (Å²) in [6, 6.07) is 9.58. The first-order valence-corrected chi connectivity index (χ1v) is 8.59. The molecular weight excluding hydrogens is 356 g/mol. The van der Waals surface area contributed by atoms with Gasteiger partial charge in [0.15, 0.2) is 17.3 Å². The number of phenols is 2. The van der Waals surface area contributed by atoms with Crippen molar-refractivity contribution in [1.82, 2.24) is 20.2 Å². The van der Waals surface area contributed by atoms with E-state index in [1.807, 2.05) is 25.1 Å². The summed E-state index contributed by atoms with van der Waals surface area (Å²) in [5.74, 6) is -0.158. The maximum absolute atomic E-state index is 12.3. The van der Waals surface area contributed by atoms with E-state index in [0.29, 0.717) is 22.2 Å². The second-order valence-corrected chi connectivity index (χ2v) is 6.41. The molecule has 0 aliphatic heterocycles. The van der Waals surface area contributed by atoms with Crippen LogP contribution in [0.3, 0.4) is 0 Å². The van der Waals surface area contributed by atoms with Crippen molar-refractivity contribution in [3.05, 3.63) is 47.5 Å². The zero-order valence-electron chi connectivity index (χ0n) is 14.1. The van der Waals surface area contributed by atoms with Crippen LogP contribution in [-0.2, 0) is 0 Å². The zero-order valence-corrected chi connectivity index (χ0v) is 14.9. The second kappa shape index (κ2) is 7.44. The number of benzene rings is 2. The van der Waals surface area contributed by atoms with Gasteiger partial charge in [0, 0.05) is 5.56 Å². The fraction of sp³-hybridized carbons (Fsp3) is 0.176. The molecule has 2 N–H and O–H groups in total. The molecule has 0 spiro atoms. The Labute approximate surface area is 153 Å². The molecule has 0 aliphatic carbocycles. The number of ether oxygens (including phenoxy) is 1. The van der Waals surface area contributed by atoms with Crippen LogP contribution >= 0.6 is 11.8 Å². The number of carbonyl (C=O) groups is 1. The lowest BCUT2D eigenvalue weighted by Crippen LogP contribution is -2.06. The van der Waals surface area contributed by atoms with Crippen molar-refractivity contribution in [2.75, 3.05) is 12.9 Å². The Bertz CT molecular complexity index is 958. The third kappa shape index (κ3) is 3.62. The van der Waals surface area contributed by atoms with Crippen LogP contribution in [-0.4, -0.2) is 49.1 Å². The average molecular weight is 372 g/mol. The van der Waals surface area contributed by atoms with Gasteiger partial charge in [0.1, 0.15) is 11.4 Å². The predicted molar refractivity (Wildman–Crippen MR) is 95.3 cm³/mol. The molecule has 3 aromatic rings. The van der Waals surface area contributed by atoms with Crippen molar-refractivity contribution < 1.29 is 19.7 Å². The number of thioether (sulfide) groups is 1. The number of nitrogens with zero attached hydrogens (tertiary/aromatic N) is 4. The highest BCUT2D eigenvalue weighted by Gasteiger charge is 2.16. The van der Waals surface area contributed by atoms with Crippen molar-refractivity contribution >= 4 is 17.5 Å². The summed E-state index contributed by atoms with van der Waals surface area (Å²) in [7, 11) is 1.56. The zero-order chi connectivity index (χ0) is 18.7. The van der Waals surface area contributed by atoms with Crippen molar-refractivity contribution in [2.45, 2.75) is 12.1 Å². The topological polar surface area (TPSA) is 110 Å². The smallest absolute Gasteiger partial charge is 0.214 e. The number of phenolic OH excluding ortho intramolecular Hbond substituents is 2. The third-order valence-electron chi connectivity index (χ3n) is 3.63. The highest BCUT2D eigenvalue weighted by molar-refractivity contribution is 7.99. The molecule has 9 heteroatoms. The molecule has 1 aromatic heterocycles. The van der Waals surface area contributed by atoms with E-state index < -0.39 is 0 Å². The van der Waals surface area contributed by atoms with Crippen LogP contribution in [0.1, 0.15) is 15.9 Å². The molecular formula is C17H16N4O4S. The minimum atomic E-state index is -0.338. The Balaban J connectivity index is 1.80. The first-order valence-electron chi connectivity index (χ1n) is 7.61. The number of rotatable bonds is 6. The molecule has 2 aromatic carbocycles. The van der Waals surface area contributed by atoms with Crippen LogP contribution in [0, 0.1) is 6.92 Å². The van der Waals surface area contributed by atoms with Gasteiger partial charge in [0.25, 0.3) is 0 Å². The molecule has 3 rings (SSSR count). The summed E-state index contributed by atoms with van der Waals surface area (Å²) >= 11 is 1.16. The number of hydrogen-bond donors (Lipinski definition) is 2. The van der Waals surface area contributed by atoms with Crippen LogP contribution in [0.15, 0.2) is 41.6 Å². The molecule has 0 unspecified atom stereocenters. The average Bonchev–Trinajstić information content (AvgIpc) is 3.10. The second-order valence-electron chi connectivity index (χ2n) is 5.46. The Morgan fingerprint density at radius 3 is 2.73 bits per heavy atom. The molecule has 0 bridgehead atoms. The molecule has 0 radical (unpaired) electrons. The lowest BCUT2D eigenvalue weighted by Gasteiger charge is -2.10. The maximum Gasteiger partial charge on any atom is 0.214 e. The van der Waals surface area contributed by atoms with Crippen molar-refractivity contribution in [3.63, 3.8) is 0 Å². The highest BCUT2D eigenvalue weighted by atomic mass is 32.2. The summed E-state index contributed by atoms with van der Waals surface area (Å²) in [6.07, 6.45) is 0. The van der Waals surface area contributed by atoms with Gasteiger partial charge in [0.2, 0.25) is 5.16 Å². The lowest BCUT2D eigenvalue weighted by atomic mass is 10.1. The molecule has 0 fully saturated rings. The number of carbonyl (C=O) groups excluding carboxylic acids is 1. The molecule has 0 amide bonds. The van der Waals surface area contributed by atoms with Gasteiger partial charge < -0.3 is 14.9 Å². The van der Waals surface area contributed by atoms with E-state index in [9.17, 15) is 15.0 Å². The van der Waals surface area contributed by atoms with Crippen LogP contribution in [0.4, 0.5) is 0 Å². The Morgan fingerprint density at radius 1 is 1.19 bits per heavy atom. The van der Waals surface area contributed by atoms with E-state index in [-0.39, 0.29) is 23.0 Å². The van der Waals surface area contributed by atoms with E-state index in [4.69, 9.17) is 4.74 Å². The van der Waals surface area contributed by atoms with Gasteiger partial charge in [-0.05, 0) is 53.2 Å². The molecule has 1 heterocycles. The van der Waals surface area contributed by atoms with Crippen molar-refractivity contribution in [2.24, 2.45) is 0 Å². The van der Waals surface area contributed by atoms with Gasteiger partial charge >= 0.3 is 0 Å². The fourth-order valence-corrected chi connectivity index (χ4v) is 3.07. The first kappa shape index (κ1) is 17.7. The lowest BCUT2D eigenvalue weighted by molar-refractivity contribution is 0.102. The Hall–Kier alpha value is -3.07. The van der Waals surface area contributed by atoms with Crippen molar-refractivity contribution in [3.8, 4) is 22.9 Å². The number of hydrogen-bond acceptors (Lipinski definition) is 8. The van der Waals surface area contributed by atoms with Gasteiger partial charge in [-0.1, -0.05) is 17.8 Å². The fourth-order valence-electron chi connectivity index (χ4n) is 2.30. The Morgan fingerprint density at radius 2 is 2.00 bits per heavy atom. The summed E-state index contributed by atoms with van der Waals surface area (Å²) in [6.45, 7) is 1.95. The number of aromatic nitrogens is 4. The summed E-state index contributed by atoms with van der Waals surface area (Å²) in [4.78, 5) is 12.3. The molecule has 0 aliphatic rings.